The number of nitrogens with one attached hydrogen (secondary N) is 2. The van der Waals surface area contributed by atoms with Gasteiger partial charge in [-0.3, -0.25) is 9.89 Å². The number of amides is 1. The van der Waals surface area contributed by atoms with Crippen LogP contribution < -0.4 is 5.32 Å². The van der Waals surface area contributed by atoms with Gasteiger partial charge in [-0.05, 0) is 37.5 Å². The third kappa shape index (κ3) is 4.09. The number of carbonyl (C=O) groups excluding carboxylic acids is 1. The van der Waals surface area contributed by atoms with Gasteiger partial charge >= 0.3 is 0 Å². The van der Waals surface area contributed by atoms with Gasteiger partial charge in [-0.15, -0.1) is 5.10 Å². The number of rotatable bonds is 5. The van der Waals surface area contributed by atoms with Gasteiger partial charge in [0, 0.05) is 16.8 Å². The minimum absolute atomic E-state index is 0.261. The van der Waals surface area contributed by atoms with E-state index < -0.39 is 0 Å². The first-order chi connectivity index (χ1) is 13.6. The topological polar surface area (TPSA) is 88.5 Å². The Morgan fingerprint density at radius 2 is 2.11 bits per heavy atom. The van der Waals surface area contributed by atoms with Crippen molar-refractivity contribution in [3.8, 4) is 5.69 Å². The van der Waals surface area contributed by atoms with Crippen LogP contribution in [0.2, 0.25) is 5.02 Å². The van der Waals surface area contributed by atoms with Crippen LogP contribution in [0.25, 0.3) is 5.69 Å². The third-order valence-electron chi connectivity index (χ3n) is 5.27. The summed E-state index contributed by atoms with van der Waals surface area (Å²) in [7, 11) is 0. The summed E-state index contributed by atoms with van der Waals surface area (Å²) in [6.07, 6.45) is 7.48. The molecule has 1 aliphatic carbocycles. The summed E-state index contributed by atoms with van der Waals surface area (Å²) in [5.41, 5.74) is 2.71. The molecule has 1 aliphatic rings. The highest BCUT2D eigenvalue weighted by Gasteiger charge is 2.19. The molecule has 7 nitrogen and oxygen atoms in total. The summed E-state index contributed by atoms with van der Waals surface area (Å²) in [6.45, 7) is 1.80. The Kier molecular flexibility index (Phi) is 5.43. The van der Waals surface area contributed by atoms with Gasteiger partial charge in [0.25, 0.3) is 5.91 Å². The van der Waals surface area contributed by atoms with Crippen LogP contribution in [0.5, 0.6) is 0 Å². The van der Waals surface area contributed by atoms with Gasteiger partial charge in [0.2, 0.25) is 0 Å². The zero-order valence-corrected chi connectivity index (χ0v) is 16.5. The lowest BCUT2D eigenvalue weighted by Crippen LogP contribution is -2.14. The standard InChI is InChI=1S/C20H23ClN6O/c1-13-19(25-26-27(13)17-9-5-8-15(21)11-17)20(28)22-18-12-16(23-24-18)10-14-6-3-2-4-7-14/h5,8-9,11-12,14H,2-4,6-7,10H2,1H3,(H2,22,23,24,28). The van der Waals surface area contributed by atoms with Gasteiger partial charge in [0.15, 0.2) is 11.5 Å². The number of aromatic nitrogens is 5. The molecule has 2 aromatic heterocycles. The zero-order chi connectivity index (χ0) is 19.5. The monoisotopic (exact) mass is 398 g/mol. The molecule has 28 heavy (non-hydrogen) atoms. The second-order valence-corrected chi connectivity index (χ2v) is 7.79. The molecule has 0 bridgehead atoms. The number of hydrogen-bond donors (Lipinski definition) is 2. The fourth-order valence-corrected chi connectivity index (χ4v) is 3.98. The molecule has 3 aromatic rings. The van der Waals surface area contributed by atoms with Gasteiger partial charge in [-0.1, -0.05) is 55.0 Å². The van der Waals surface area contributed by atoms with Crippen molar-refractivity contribution in [1.29, 1.82) is 0 Å². The van der Waals surface area contributed by atoms with E-state index in [2.05, 4.69) is 25.8 Å². The van der Waals surface area contributed by atoms with Crippen molar-refractivity contribution < 1.29 is 4.79 Å². The highest BCUT2D eigenvalue weighted by Crippen LogP contribution is 2.27. The van der Waals surface area contributed by atoms with Crippen molar-refractivity contribution in [2.75, 3.05) is 5.32 Å². The van der Waals surface area contributed by atoms with Crippen molar-refractivity contribution in [2.24, 2.45) is 5.92 Å². The highest BCUT2D eigenvalue weighted by molar-refractivity contribution is 6.30. The first-order valence-corrected chi connectivity index (χ1v) is 10.0. The van der Waals surface area contributed by atoms with E-state index in [0.29, 0.717) is 22.5 Å². The molecular formula is C20H23ClN6O. The second-order valence-electron chi connectivity index (χ2n) is 7.36. The molecule has 0 atom stereocenters. The van der Waals surface area contributed by atoms with Crippen LogP contribution in [0.15, 0.2) is 30.3 Å². The predicted molar refractivity (Wildman–Crippen MR) is 108 cm³/mol. The summed E-state index contributed by atoms with van der Waals surface area (Å²) in [5, 5.41) is 18.8. The van der Waals surface area contributed by atoms with E-state index in [-0.39, 0.29) is 11.6 Å². The van der Waals surface area contributed by atoms with Gasteiger partial charge in [-0.2, -0.15) is 5.10 Å². The maximum absolute atomic E-state index is 12.6. The van der Waals surface area contributed by atoms with Crippen molar-refractivity contribution >= 4 is 23.3 Å². The van der Waals surface area contributed by atoms with Crippen molar-refractivity contribution in [2.45, 2.75) is 45.4 Å². The lowest BCUT2D eigenvalue weighted by atomic mass is 9.86. The first kappa shape index (κ1) is 18.7. The summed E-state index contributed by atoms with van der Waals surface area (Å²) in [5.74, 6) is 0.881. The largest absolute Gasteiger partial charge is 0.304 e. The van der Waals surface area contributed by atoms with Gasteiger partial charge in [0.05, 0.1) is 11.4 Å². The molecule has 1 aromatic carbocycles. The number of halogens is 1. The quantitative estimate of drug-likeness (QED) is 0.669. The fourth-order valence-electron chi connectivity index (χ4n) is 3.80. The molecule has 146 valence electrons. The molecule has 0 unspecified atom stereocenters. The molecule has 1 saturated carbocycles. The maximum atomic E-state index is 12.6. The van der Waals surface area contributed by atoms with Gasteiger partial charge in [-0.25, -0.2) is 4.68 Å². The normalized spacial score (nSPS) is 14.9. The summed E-state index contributed by atoms with van der Waals surface area (Å²) >= 11 is 6.04. The van der Waals surface area contributed by atoms with Crippen LogP contribution in [0.3, 0.4) is 0 Å². The zero-order valence-electron chi connectivity index (χ0n) is 15.8. The Morgan fingerprint density at radius 1 is 1.29 bits per heavy atom. The molecule has 2 N–H and O–H groups in total. The lowest BCUT2D eigenvalue weighted by molar-refractivity contribution is 0.102. The molecule has 2 heterocycles. The first-order valence-electron chi connectivity index (χ1n) is 9.64. The number of nitrogens with zero attached hydrogens (tertiary/aromatic N) is 4. The Morgan fingerprint density at radius 3 is 2.89 bits per heavy atom. The molecule has 8 heteroatoms. The maximum Gasteiger partial charge on any atom is 0.279 e. The lowest BCUT2D eigenvalue weighted by Gasteiger charge is -2.20. The molecule has 1 fully saturated rings. The molecule has 4 rings (SSSR count). The van der Waals surface area contributed by atoms with Crippen LogP contribution in [-0.4, -0.2) is 31.1 Å². The number of carbonyl (C=O) groups is 1. The predicted octanol–water partition coefficient (Wildman–Crippen LogP) is 4.33. The van der Waals surface area contributed by atoms with Crippen LogP contribution in [0.4, 0.5) is 5.82 Å². The summed E-state index contributed by atoms with van der Waals surface area (Å²) in [6, 6.07) is 9.16. The van der Waals surface area contributed by atoms with E-state index >= 15 is 0 Å². The van der Waals surface area contributed by atoms with Crippen LogP contribution in [0.1, 0.15) is 54.0 Å². The smallest absolute Gasteiger partial charge is 0.279 e. The van der Waals surface area contributed by atoms with E-state index in [0.717, 1.165) is 17.8 Å². The van der Waals surface area contributed by atoms with E-state index in [1.807, 2.05) is 18.2 Å². The van der Waals surface area contributed by atoms with Crippen molar-refractivity contribution in [1.82, 2.24) is 25.2 Å². The fraction of sp³-hybridized carbons (Fsp3) is 0.400. The number of H-pyrrole nitrogens is 1. The third-order valence-corrected chi connectivity index (χ3v) is 5.50. The van der Waals surface area contributed by atoms with Crippen molar-refractivity contribution in [3.63, 3.8) is 0 Å². The SMILES string of the molecule is Cc1c(C(=O)Nc2cc(CC3CCCCC3)[nH]n2)nnn1-c1cccc(Cl)c1. The van der Waals surface area contributed by atoms with Crippen molar-refractivity contribution in [3.05, 3.63) is 52.4 Å². The Labute approximate surface area is 168 Å². The van der Waals surface area contributed by atoms with E-state index in [9.17, 15) is 4.79 Å². The number of benzene rings is 1. The number of aromatic amines is 1. The molecule has 0 saturated heterocycles. The number of anilines is 1. The highest BCUT2D eigenvalue weighted by atomic mass is 35.5. The van der Waals surface area contributed by atoms with Crippen LogP contribution in [-0.2, 0) is 6.42 Å². The molecular weight excluding hydrogens is 376 g/mol. The van der Waals surface area contributed by atoms with Crippen LogP contribution in [0, 0.1) is 12.8 Å². The van der Waals surface area contributed by atoms with Crippen LogP contribution >= 0.6 is 11.6 Å². The molecule has 1 amide bonds. The van der Waals surface area contributed by atoms with E-state index in [4.69, 9.17) is 11.6 Å². The molecule has 0 radical (unpaired) electrons. The van der Waals surface area contributed by atoms with E-state index in [1.54, 1.807) is 23.7 Å². The Bertz CT molecular complexity index is 973. The summed E-state index contributed by atoms with van der Waals surface area (Å²) in [4.78, 5) is 12.6. The molecule has 0 spiro atoms. The molecule has 0 aliphatic heterocycles. The Balaban J connectivity index is 1.44. The van der Waals surface area contributed by atoms with E-state index in [1.165, 1.54) is 32.1 Å². The average molecular weight is 399 g/mol. The second kappa shape index (κ2) is 8.14. The van der Waals surface area contributed by atoms with Gasteiger partial charge < -0.3 is 5.32 Å². The minimum Gasteiger partial charge on any atom is -0.304 e. The summed E-state index contributed by atoms with van der Waals surface area (Å²) < 4.78 is 1.60. The minimum atomic E-state index is -0.332. The average Bonchev–Trinajstić information content (AvgIpc) is 3.29. The van der Waals surface area contributed by atoms with Gasteiger partial charge in [0.1, 0.15) is 0 Å². The Hall–Kier alpha value is -2.67. The number of hydrogen-bond acceptors (Lipinski definition) is 4.